The summed E-state index contributed by atoms with van der Waals surface area (Å²) in [5.41, 5.74) is 1.80. The van der Waals surface area contributed by atoms with Crippen LogP contribution in [0.2, 0.25) is 0 Å². The van der Waals surface area contributed by atoms with E-state index in [2.05, 4.69) is 15.4 Å². The van der Waals surface area contributed by atoms with E-state index in [4.69, 9.17) is 0 Å². The average molecular weight is 403 g/mol. The van der Waals surface area contributed by atoms with E-state index >= 15 is 0 Å². The SMILES string of the molecule is O=C(NCc1ccccn1)c1cc(-c2cccs2)n([C@H]2CCS(=O)(=O)C2)n1. The van der Waals surface area contributed by atoms with Gasteiger partial charge < -0.3 is 5.32 Å². The van der Waals surface area contributed by atoms with Crippen LogP contribution in [0.15, 0.2) is 48.0 Å². The lowest BCUT2D eigenvalue weighted by Gasteiger charge is -2.12. The molecule has 1 aliphatic rings. The van der Waals surface area contributed by atoms with Gasteiger partial charge in [-0.2, -0.15) is 5.10 Å². The fourth-order valence-corrected chi connectivity index (χ4v) is 5.55. The van der Waals surface area contributed by atoms with Gasteiger partial charge in [0.15, 0.2) is 15.5 Å². The molecule has 4 rings (SSSR count). The molecule has 1 amide bonds. The summed E-state index contributed by atoms with van der Waals surface area (Å²) in [6.07, 6.45) is 2.18. The maximum absolute atomic E-state index is 12.6. The number of hydrogen-bond donors (Lipinski definition) is 1. The quantitative estimate of drug-likeness (QED) is 0.707. The maximum atomic E-state index is 12.6. The number of carbonyl (C=O) groups excluding carboxylic acids is 1. The second-order valence-electron chi connectivity index (χ2n) is 6.40. The second kappa shape index (κ2) is 7.24. The van der Waals surface area contributed by atoms with Crippen molar-refractivity contribution < 1.29 is 13.2 Å². The summed E-state index contributed by atoms with van der Waals surface area (Å²) in [5.74, 6) is -0.0944. The minimum atomic E-state index is -3.05. The van der Waals surface area contributed by atoms with Crippen LogP contribution in [0.3, 0.4) is 0 Å². The molecule has 140 valence electrons. The predicted octanol–water partition coefficient (Wildman–Crippen LogP) is 2.30. The molecule has 0 radical (unpaired) electrons. The Morgan fingerprint density at radius 2 is 2.19 bits per heavy atom. The molecule has 0 spiro atoms. The maximum Gasteiger partial charge on any atom is 0.272 e. The van der Waals surface area contributed by atoms with Crippen LogP contribution in [0, 0.1) is 0 Å². The van der Waals surface area contributed by atoms with Crippen molar-refractivity contribution in [3.63, 3.8) is 0 Å². The number of rotatable bonds is 5. The lowest BCUT2D eigenvalue weighted by atomic mass is 10.2. The Kier molecular flexibility index (Phi) is 4.79. The first kappa shape index (κ1) is 17.9. The summed E-state index contributed by atoms with van der Waals surface area (Å²) in [6, 6.07) is 10.9. The van der Waals surface area contributed by atoms with E-state index in [1.807, 2.05) is 35.7 Å². The van der Waals surface area contributed by atoms with E-state index in [1.165, 1.54) is 11.3 Å². The van der Waals surface area contributed by atoms with Gasteiger partial charge in [-0.3, -0.25) is 14.5 Å². The van der Waals surface area contributed by atoms with Crippen molar-refractivity contribution in [2.75, 3.05) is 11.5 Å². The summed E-state index contributed by atoms with van der Waals surface area (Å²) < 4.78 is 25.5. The van der Waals surface area contributed by atoms with Crippen LogP contribution in [-0.4, -0.2) is 40.6 Å². The van der Waals surface area contributed by atoms with Crippen molar-refractivity contribution >= 4 is 27.1 Å². The Labute approximate surface area is 161 Å². The molecule has 1 saturated heterocycles. The Morgan fingerprint density at radius 3 is 2.85 bits per heavy atom. The van der Waals surface area contributed by atoms with Gasteiger partial charge in [0.1, 0.15) is 0 Å². The molecule has 9 heteroatoms. The van der Waals surface area contributed by atoms with Crippen molar-refractivity contribution in [3.8, 4) is 10.6 Å². The van der Waals surface area contributed by atoms with Crippen LogP contribution in [0.1, 0.15) is 28.6 Å². The third-order valence-corrected chi connectivity index (χ3v) is 7.10. The number of nitrogens with zero attached hydrogens (tertiary/aromatic N) is 3. The largest absolute Gasteiger partial charge is 0.345 e. The van der Waals surface area contributed by atoms with Crippen molar-refractivity contribution in [1.29, 1.82) is 0 Å². The highest BCUT2D eigenvalue weighted by atomic mass is 32.2. The molecule has 1 N–H and O–H groups in total. The monoisotopic (exact) mass is 402 g/mol. The normalized spacial score (nSPS) is 18.4. The van der Waals surface area contributed by atoms with Crippen LogP contribution in [0.25, 0.3) is 10.6 Å². The van der Waals surface area contributed by atoms with Crippen molar-refractivity contribution in [2.24, 2.45) is 0 Å². The molecule has 3 aromatic heterocycles. The van der Waals surface area contributed by atoms with Gasteiger partial charge in [0.2, 0.25) is 0 Å². The zero-order chi connectivity index (χ0) is 18.9. The molecule has 7 nitrogen and oxygen atoms in total. The molecule has 4 heterocycles. The molecule has 0 unspecified atom stereocenters. The number of pyridine rings is 1. The fourth-order valence-electron chi connectivity index (χ4n) is 3.12. The summed E-state index contributed by atoms with van der Waals surface area (Å²) in [4.78, 5) is 17.7. The van der Waals surface area contributed by atoms with Gasteiger partial charge in [0, 0.05) is 6.20 Å². The van der Waals surface area contributed by atoms with Crippen molar-refractivity contribution in [1.82, 2.24) is 20.1 Å². The number of thiophene rings is 1. The van der Waals surface area contributed by atoms with Crippen LogP contribution in [0.5, 0.6) is 0 Å². The van der Waals surface area contributed by atoms with E-state index < -0.39 is 9.84 Å². The molecular weight excluding hydrogens is 384 g/mol. The van der Waals surface area contributed by atoms with E-state index in [9.17, 15) is 13.2 Å². The van der Waals surface area contributed by atoms with Gasteiger partial charge in [-0.15, -0.1) is 11.3 Å². The van der Waals surface area contributed by atoms with Crippen molar-refractivity contribution in [2.45, 2.75) is 19.0 Å². The van der Waals surface area contributed by atoms with Gasteiger partial charge in [0.05, 0.1) is 40.4 Å². The summed E-state index contributed by atoms with van der Waals surface area (Å²) in [6.45, 7) is 0.304. The molecule has 1 aliphatic heterocycles. The molecule has 0 aromatic carbocycles. The van der Waals surface area contributed by atoms with E-state index in [0.717, 1.165) is 16.3 Å². The van der Waals surface area contributed by atoms with Gasteiger partial charge in [-0.1, -0.05) is 12.1 Å². The number of aromatic nitrogens is 3. The Hall–Kier alpha value is -2.52. The van der Waals surface area contributed by atoms with E-state index in [0.29, 0.717) is 13.0 Å². The van der Waals surface area contributed by atoms with Crippen LogP contribution in [0.4, 0.5) is 0 Å². The minimum absolute atomic E-state index is 0.0576. The molecule has 0 aliphatic carbocycles. The Morgan fingerprint density at radius 1 is 1.30 bits per heavy atom. The minimum Gasteiger partial charge on any atom is -0.345 e. The van der Waals surface area contributed by atoms with E-state index in [-0.39, 0.29) is 29.1 Å². The molecule has 27 heavy (non-hydrogen) atoms. The van der Waals surface area contributed by atoms with Gasteiger partial charge in [-0.05, 0) is 36.1 Å². The summed E-state index contributed by atoms with van der Waals surface area (Å²) >= 11 is 1.53. The van der Waals surface area contributed by atoms with Crippen LogP contribution in [-0.2, 0) is 16.4 Å². The molecule has 1 atom stereocenters. The highest BCUT2D eigenvalue weighted by molar-refractivity contribution is 7.91. The Balaban J connectivity index is 1.60. The molecular formula is C18H18N4O3S2. The highest BCUT2D eigenvalue weighted by Crippen LogP contribution is 2.32. The Bertz CT molecular complexity index is 1040. The standard InChI is InChI=1S/C18H18N4O3S2/c23-18(20-11-13-4-1-2-7-19-13)15-10-16(17-5-3-8-26-17)22(21-15)14-6-9-27(24,25)12-14/h1-5,7-8,10,14H,6,9,11-12H2,(H,20,23)/t14-/m0/s1. The third kappa shape index (κ3) is 3.93. The van der Waals surface area contributed by atoms with Gasteiger partial charge in [0.25, 0.3) is 5.91 Å². The fraction of sp³-hybridized carbons (Fsp3) is 0.278. The lowest BCUT2D eigenvalue weighted by Crippen LogP contribution is -2.24. The van der Waals surface area contributed by atoms with Crippen molar-refractivity contribution in [3.05, 3.63) is 59.4 Å². The average Bonchev–Trinajstić information content (AvgIpc) is 3.39. The first-order valence-electron chi connectivity index (χ1n) is 8.54. The first-order chi connectivity index (χ1) is 13.0. The molecule has 3 aromatic rings. The molecule has 0 saturated carbocycles. The third-order valence-electron chi connectivity index (χ3n) is 4.45. The summed E-state index contributed by atoms with van der Waals surface area (Å²) in [5, 5.41) is 9.21. The predicted molar refractivity (Wildman–Crippen MR) is 103 cm³/mol. The van der Waals surface area contributed by atoms with Crippen LogP contribution >= 0.6 is 11.3 Å². The second-order valence-corrected chi connectivity index (χ2v) is 9.57. The zero-order valence-electron chi connectivity index (χ0n) is 14.4. The number of carbonyl (C=O) groups is 1. The molecule has 1 fully saturated rings. The summed E-state index contributed by atoms with van der Waals surface area (Å²) in [7, 11) is -3.05. The molecule has 0 bridgehead atoms. The number of nitrogens with one attached hydrogen (secondary N) is 1. The number of sulfone groups is 1. The zero-order valence-corrected chi connectivity index (χ0v) is 16.0. The topological polar surface area (TPSA) is 94.0 Å². The lowest BCUT2D eigenvalue weighted by molar-refractivity contribution is 0.0944. The van der Waals surface area contributed by atoms with Gasteiger partial charge >= 0.3 is 0 Å². The first-order valence-corrected chi connectivity index (χ1v) is 11.2. The smallest absolute Gasteiger partial charge is 0.272 e. The van der Waals surface area contributed by atoms with Gasteiger partial charge in [-0.25, -0.2) is 8.42 Å². The van der Waals surface area contributed by atoms with Crippen LogP contribution < -0.4 is 5.32 Å². The number of hydrogen-bond acceptors (Lipinski definition) is 6. The van der Waals surface area contributed by atoms with E-state index in [1.54, 1.807) is 16.9 Å². The highest BCUT2D eigenvalue weighted by Gasteiger charge is 2.32. The number of amides is 1.